The largest absolute Gasteiger partial charge is 0.472 e. The normalized spacial score (nSPS) is 13.5. The molecule has 0 aliphatic heterocycles. The van der Waals surface area contributed by atoms with Gasteiger partial charge in [-0.05, 0) is 83.5 Å². The van der Waals surface area contributed by atoms with Crippen molar-refractivity contribution in [2.24, 2.45) is 5.73 Å². The first-order valence-electron chi connectivity index (χ1n) is 36.9. The second-order valence-electron chi connectivity index (χ2n) is 24.4. The van der Waals surface area contributed by atoms with Crippen molar-refractivity contribution in [2.45, 2.75) is 347 Å². The Labute approximate surface area is 543 Å². The van der Waals surface area contributed by atoms with Crippen LogP contribution in [0, 0.1) is 0 Å². The molecule has 0 aliphatic rings. The molecule has 0 aromatic carbocycles. The fourth-order valence-corrected chi connectivity index (χ4v) is 11.3. The van der Waals surface area contributed by atoms with Gasteiger partial charge in [0.1, 0.15) is 6.61 Å². The highest BCUT2D eigenvalue weighted by atomic mass is 31.2. The summed E-state index contributed by atoms with van der Waals surface area (Å²) >= 11 is 0. The number of hydrogen-bond donors (Lipinski definition) is 2. The van der Waals surface area contributed by atoms with Crippen molar-refractivity contribution in [3.63, 3.8) is 0 Å². The lowest BCUT2D eigenvalue weighted by Crippen LogP contribution is -2.29. The molecule has 0 heterocycles. The van der Waals surface area contributed by atoms with Gasteiger partial charge in [-0.1, -0.05) is 354 Å². The number of hydrogen-bond acceptors (Lipinski definition) is 8. The molecule has 0 aromatic heterocycles. The second-order valence-corrected chi connectivity index (χ2v) is 25.9. The van der Waals surface area contributed by atoms with E-state index in [-0.39, 0.29) is 38.6 Å². The molecule has 0 aromatic rings. The van der Waals surface area contributed by atoms with Crippen LogP contribution in [0.15, 0.2) is 109 Å². The fourth-order valence-electron chi connectivity index (χ4n) is 10.5. The van der Waals surface area contributed by atoms with Crippen LogP contribution in [0.1, 0.15) is 341 Å². The Hall–Kier alpha value is -3.33. The van der Waals surface area contributed by atoms with Gasteiger partial charge in [-0.2, -0.15) is 0 Å². The Kier molecular flexibility index (Phi) is 70.0. The predicted molar refractivity (Wildman–Crippen MR) is 381 cm³/mol. The van der Waals surface area contributed by atoms with E-state index in [0.717, 1.165) is 103 Å². The Morgan fingerprint density at radius 2 is 0.625 bits per heavy atom. The molecular formula is C78H138NO8P. The van der Waals surface area contributed by atoms with E-state index in [0.29, 0.717) is 6.42 Å². The number of ether oxygens (including phenoxy) is 2. The van der Waals surface area contributed by atoms with E-state index in [2.05, 4.69) is 123 Å². The minimum atomic E-state index is -4.40. The molecule has 0 saturated carbocycles. The van der Waals surface area contributed by atoms with Gasteiger partial charge in [0, 0.05) is 19.4 Å². The lowest BCUT2D eigenvalue weighted by Gasteiger charge is -2.19. The average Bonchev–Trinajstić information content (AvgIpc) is 3.60. The summed E-state index contributed by atoms with van der Waals surface area (Å²) in [6.45, 7) is 3.67. The van der Waals surface area contributed by atoms with E-state index in [4.69, 9.17) is 24.3 Å². The van der Waals surface area contributed by atoms with E-state index in [9.17, 15) is 19.0 Å². The third kappa shape index (κ3) is 71.7. The molecule has 9 nitrogen and oxygen atoms in total. The van der Waals surface area contributed by atoms with Gasteiger partial charge in [0.25, 0.3) is 0 Å². The number of carbonyl (C=O) groups excluding carboxylic acids is 2. The smallest absolute Gasteiger partial charge is 0.462 e. The standard InChI is InChI=1S/C78H138NO8P/c1-3-5-7-9-11-13-15-17-19-21-23-25-27-29-31-33-35-36-37-38-39-40-41-43-45-47-49-51-53-55-57-59-61-63-65-67-69-71-78(81)87-76(75-86-88(82,83)85-73-72-79)74-84-77(80)70-68-66-64-62-60-58-56-54-52-50-48-46-44-42-34-32-30-28-26-24-22-20-18-16-14-12-10-8-6-4-2/h5,7,11,13,17,19,23,25,29,31,35-36,38-39,41,43,47,49,76H,3-4,6,8-10,12,14-16,18,20-22,24,26-28,30,32-34,37,40,42,44-46,48,50-75,79H2,1-2H3,(H,82,83)/b7-5-,13-11-,19-17-,25-23-,31-29-,36-35-,39-38-,43-41-,49-47-. The van der Waals surface area contributed by atoms with Crippen LogP contribution in [-0.2, 0) is 32.7 Å². The Morgan fingerprint density at radius 3 is 0.932 bits per heavy atom. The Bertz CT molecular complexity index is 1810. The molecular weight excluding hydrogens is 1110 g/mol. The van der Waals surface area contributed by atoms with Crippen LogP contribution in [0.25, 0.3) is 0 Å². The summed E-state index contributed by atoms with van der Waals surface area (Å²) in [5, 5.41) is 0. The highest BCUT2D eigenvalue weighted by molar-refractivity contribution is 7.47. The minimum absolute atomic E-state index is 0.0494. The molecule has 508 valence electrons. The maximum absolute atomic E-state index is 12.8. The summed E-state index contributed by atoms with van der Waals surface area (Å²) in [5.41, 5.74) is 5.41. The number of rotatable bonds is 69. The van der Waals surface area contributed by atoms with E-state index in [1.807, 2.05) is 0 Å². The number of unbranched alkanes of at least 4 members (excludes halogenated alkanes) is 38. The van der Waals surface area contributed by atoms with Gasteiger partial charge in [0.05, 0.1) is 13.2 Å². The van der Waals surface area contributed by atoms with Crippen molar-refractivity contribution in [3.8, 4) is 0 Å². The number of phosphoric acid groups is 1. The zero-order valence-electron chi connectivity index (χ0n) is 57.2. The van der Waals surface area contributed by atoms with Gasteiger partial charge >= 0.3 is 19.8 Å². The van der Waals surface area contributed by atoms with E-state index in [1.165, 1.54) is 205 Å². The van der Waals surface area contributed by atoms with Crippen LogP contribution in [0.4, 0.5) is 0 Å². The molecule has 0 aliphatic carbocycles. The van der Waals surface area contributed by atoms with E-state index < -0.39 is 26.5 Å². The molecule has 10 heteroatoms. The third-order valence-corrected chi connectivity index (χ3v) is 16.9. The number of nitrogens with two attached hydrogens (primary N) is 1. The number of carbonyl (C=O) groups is 2. The van der Waals surface area contributed by atoms with Crippen molar-refractivity contribution in [1.82, 2.24) is 0 Å². The maximum Gasteiger partial charge on any atom is 0.472 e. The first-order valence-corrected chi connectivity index (χ1v) is 38.4. The van der Waals surface area contributed by atoms with Crippen molar-refractivity contribution < 1.29 is 37.6 Å². The van der Waals surface area contributed by atoms with Gasteiger partial charge in [0.15, 0.2) is 6.10 Å². The van der Waals surface area contributed by atoms with Gasteiger partial charge < -0.3 is 20.1 Å². The monoisotopic (exact) mass is 1250 g/mol. The van der Waals surface area contributed by atoms with Gasteiger partial charge in [-0.25, -0.2) is 4.57 Å². The average molecular weight is 1250 g/mol. The first-order chi connectivity index (χ1) is 43.3. The molecule has 0 spiro atoms. The predicted octanol–water partition coefficient (Wildman–Crippen LogP) is 24.5. The van der Waals surface area contributed by atoms with Crippen molar-refractivity contribution >= 4 is 19.8 Å². The van der Waals surface area contributed by atoms with Crippen LogP contribution >= 0.6 is 7.82 Å². The first kappa shape index (κ1) is 84.7. The van der Waals surface area contributed by atoms with Crippen LogP contribution < -0.4 is 5.73 Å². The van der Waals surface area contributed by atoms with Crippen molar-refractivity contribution in [3.05, 3.63) is 109 Å². The summed E-state index contributed by atoms with van der Waals surface area (Å²) < 4.78 is 33.2. The summed E-state index contributed by atoms with van der Waals surface area (Å²) in [7, 11) is -4.40. The number of esters is 2. The van der Waals surface area contributed by atoms with E-state index >= 15 is 0 Å². The van der Waals surface area contributed by atoms with E-state index in [1.54, 1.807) is 0 Å². The molecule has 3 N–H and O–H groups in total. The molecule has 0 fully saturated rings. The van der Waals surface area contributed by atoms with Crippen LogP contribution in [0.5, 0.6) is 0 Å². The molecule has 0 saturated heterocycles. The molecule has 0 radical (unpaired) electrons. The molecule has 0 bridgehead atoms. The van der Waals surface area contributed by atoms with Crippen molar-refractivity contribution in [1.29, 1.82) is 0 Å². The SMILES string of the molecule is CC/C=C\C/C=C\C/C=C\C/C=C\C/C=C\C/C=C\C/C=C\C/C=C\C/C=C\CCCCCCCCCCCC(=O)OC(COC(=O)CCCCCCCCCCCCCCCCCCCCCCCCCCCCCCCC)COP(=O)(O)OCCN. The van der Waals surface area contributed by atoms with Gasteiger partial charge in [0.2, 0.25) is 0 Å². The zero-order chi connectivity index (χ0) is 63.7. The quantitative estimate of drug-likeness (QED) is 0.0264. The fraction of sp³-hybridized carbons (Fsp3) is 0.744. The minimum Gasteiger partial charge on any atom is -0.462 e. The van der Waals surface area contributed by atoms with Crippen LogP contribution in [0.2, 0.25) is 0 Å². The number of allylic oxidation sites excluding steroid dienone is 18. The highest BCUT2D eigenvalue weighted by Gasteiger charge is 2.26. The summed E-state index contributed by atoms with van der Waals surface area (Å²) in [4.78, 5) is 35.4. The third-order valence-electron chi connectivity index (χ3n) is 15.9. The molecule has 2 unspecified atom stereocenters. The zero-order valence-corrected chi connectivity index (χ0v) is 58.1. The molecule has 88 heavy (non-hydrogen) atoms. The van der Waals surface area contributed by atoms with Gasteiger partial charge in [-0.15, -0.1) is 0 Å². The second kappa shape index (κ2) is 72.7. The number of phosphoric ester groups is 1. The molecule has 2 atom stereocenters. The lowest BCUT2D eigenvalue weighted by molar-refractivity contribution is -0.161. The van der Waals surface area contributed by atoms with Crippen LogP contribution in [0.3, 0.4) is 0 Å². The van der Waals surface area contributed by atoms with Crippen molar-refractivity contribution in [2.75, 3.05) is 26.4 Å². The van der Waals surface area contributed by atoms with Gasteiger partial charge in [-0.3, -0.25) is 18.6 Å². The maximum atomic E-state index is 12.8. The highest BCUT2D eigenvalue weighted by Crippen LogP contribution is 2.43. The summed E-state index contributed by atoms with van der Waals surface area (Å²) in [6.07, 6.45) is 101. The summed E-state index contributed by atoms with van der Waals surface area (Å²) in [6, 6.07) is 0. The topological polar surface area (TPSA) is 134 Å². The molecule has 0 rings (SSSR count). The lowest BCUT2D eigenvalue weighted by atomic mass is 10.0. The Morgan fingerprint density at radius 1 is 0.352 bits per heavy atom. The Balaban J connectivity index is 3.90. The van der Waals surface area contributed by atoms with Crippen LogP contribution in [-0.4, -0.2) is 49.3 Å². The molecule has 0 amide bonds. The summed E-state index contributed by atoms with van der Waals surface area (Å²) in [5.74, 6) is -0.825.